The Bertz CT molecular complexity index is 569. The van der Waals surface area contributed by atoms with Crippen molar-refractivity contribution < 1.29 is 14.2 Å². The summed E-state index contributed by atoms with van der Waals surface area (Å²) >= 11 is 1.71. The van der Waals surface area contributed by atoms with Crippen molar-refractivity contribution in [1.82, 2.24) is 5.32 Å². The van der Waals surface area contributed by atoms with Crippen LogP contribution < -0.4 is 19.5 Å². The lowest BCUT2D eigenvalue weighted by Crippen LogP contribution is -2.19. The van der Waals surface area contributed by atoms with Gasteiger partial charge in [-0.15, -0.1) is 0 Å². The molecule has 4 nitrogen and oxygen atoms in total. The number of benzene rings is 1. The molecule has 0 saturated carbocycles. The van der Waals surface area contributed by atoms with Crippen LogP contribution in [0.4, 0.5) is 0 Å². The molecule has 1 heterocycles. The van der Waals surface area contributed by atoms with Crippen molar-refractivity contribution in [3.05, 3.63) is 40.1 Å². The Labute approximate surface area is 129 Å². The minimum absolute atomic E-state index is 0.148. The molecular formula is C16H21NO3S. The van der Waals surface area contributed by atoms with E-state index in [-0.39, 0.29) is 6.04 Å². The summed E-state index contributed by atoms with van der Waals surface area (Å²) in [6, 6.07) is 6.13. The van der Waals surface area contributed by atoms with Gasteiger partial charge in [-0.05, 0) is 41.9 Å². The number of methoxy groups -OCH3 is 3. The summed E-state index contributed by atoms with van der Waals surface area (Å²) in [5.41, 5.74) is 2.36. The molecule has 0 fully saturated rings. The molecule has 114 valence electrons. The summed E-state index contributed by atoms with van der Waals surface area (Å²) in [4.78, 5) is 0. The van der Waals surface area contributed by atoms with E-state index in [9.17, 15) is 0 Å². The second kappa shape index (κ2) is 7.33. The molecule has 21 heavy (non-hydrogen) atoms. The molecule has 2 aromatic rings. The molecule has 0 aliphatic carbocycles. The Balaban J connectivity index is 2.39. The van der Waals surface area contributed by atoms with Gasteiger partial charge in [0, 0.05) is 17.7 Å². The zero-order chi connectivity index (χ0) is 15.2. The van der Waals surface area contributed by atoms with Gasteiger partial charge in [-0.1, -0.05) is 0 Å². The highest BCUT2D eigenvalue weighted by Gasteiger charge is 2.19. The number of ether oxygens (including phenoxy) is 3. The summed E-state index contributed by atoms with van der Waals surface area (Å²) in [5, 5.41) is 7.60. The average Bonchev–Trinajstić information content (AvgIpc) is 3.04. The summed E-state index contributed by atoms with van der Waals surface area (Å²) in [7, 11) is 6.88. The van der Waals surface area contributed by atoms with Gasteiger partial charge in [-0.2, -0.15) is 11.3 Å². The maximum absolute atomic E-state index is 5.52. The fourth-order valence-electron chi connectivity index (χ4n) is 2.34. The first kappa shape index (κ1) is 15.7. The number of hydrogen-bond acceptors (Lipinski definition) is 5. The molecule has 1 atom stereocenters. The van der Waals surface area contributed by atoms with Crippen LogP contribution in [-0.4, -0.2) is 28.4 Å². The molecule has 1 unspecified atom stereocenters. The normalized spacial score (nSPS) is 12.0. The number of nitrogens with one attached hydrogen (secondary N) is 1. The molecule has 0 radical (unpaired) electrons. The lowest BCUT2D eigenvalue weighted by molar-refractivity contribution is 0.345. The van der Waals surface area contributed by atoms with Crippen LogP contribution in [0.3, 0.4) is 0 Å². The third-order valence-corrected chi connectivity index (χ3v) is 4.21. The molecular weight excluding hydrogens is 286 g/mol. The number of thiophene rings is 1. The highest BCUT2D eigenvalue weighted by Crippen LogP contribution is 2.38. The van der Waals surface area contributed by atoms with E-state index < -0.39 is 0 Å². The zero-order valence-electron chi connectivity index (χ0n) is 12.8. The van der Waals surface area contributed by atoms with Crippen LogP contribution in [0.1, 0.15) is 17.2 Å². The molecule has 1 N–H and O–H groups in total. The molecule has 0 saturated heterocycles. The van der Waals surface area contributed by atoms with E-state index in [1.54, 1.807) is 32.7 Å². The molecule has 0 spiro atoms. The molecule has 0 bridgehead atoms. The van der Waals surface area contributed by atoms with Gasteiger partial charge in [0.05, 0.1) is 21.3 Å². The van der Waals surface area contributed by atoms with Gasteiger partial charge in [0.25, 0.3) is 0 Å². The first-order valence-electron chi connectivity index (χ1n) is 6.71. The van der Waals surface area contributed by atoms with E-state index in [0.29, 0.717) is 11.5 Å². The summed E-state index contributed by atoms with van der Waals surface area (Å²) < 4.78 is 16.2. The van der Waals surface area contributed by atoms with Crippen molar-refractivity contribution in [2.45, 2.75) is 12.5 Å². The molecule has 0 amide bonds. The molecule has 5 heteroatoms. The highest BCUT2D eigenvalue weighted by atomic mass is 32.1. The fraction of sp³-hybridized carbons (Fsp3) is 0.375. The number of rotatable bonds is 7. The van der Waals surface area contributed by atoms with Crippen LogP contribution in [0, 0.1) is 0 Å². The van der Waals surface area contributed by atoms with E-state index in [0.717, 1.165) is 17.7 Å². The predicted molar refractivity (Wildman–Crippen MR) is 85.9 cm³/mol. The van der Waals surface area contributed by atoms with Gasteiger partial charge < -0.3 is 19.5 Å². The number of hydrogen-bond donors (Lipinski definition) is 1. The molecule has 2 rings (SSSR count). The van der Waals surface area contributed by atoms with Crippen molar-refractivity contribution in [2.75, 3.05) is 28.4 Å². The summed E-state index contributed by atoms with van der Waals surface area (Å²) in [6.45, 7) is 0. The van der Waals surface area contributed by atoms with Crippen LogP contribution in [-0.2, 0) is 6.42 Å². The molecule has 1 aromatic carbocycles. The Kier molecular flexibility index (Phi) is 5.47. The smallest absolute Gasteiger partial charge is 0.164 e. The van der Waals surface area contributed by atoms with Crippen LogP contribution in [0.25, 0.3) is 0 Å². The Morgan fingerprint density at radius 3 is 2.24 bits per heavy atom. The second-order valence-corrected chi connectivity index (χ2v) is 5.41. The lowest BCUT2D eigenvalue weighted by Gasteiger charge is -2.21. The minimum Gasteiger partial charge on any atom is -0.496 e. The van der Waals surface area contributed by atoms with Gasteiger partial charge in [-0.3, -0.25) is 0 Å². The van der Waals surface area contributed by atoms with Gasteiger partial charge in [0.2, 0.25) is 0 Å². The van der Waals surface area contributed by atoms with Gasteiger partial charge >= 0.3 is 0 Å². The van der Waals surface area contributed by atoms with E-state index >= 15 is 0 Å². The monoisotopic (exact) mass is 307 g/mol. The average molecular weight is 307 g/mol. The largest absolute Gasteiger partial charge is 0.496 e. The van der Waals surface area contributed by atoms with E-state index in [4.69, 9.17) is 14.2 Å². The predicted octanol–water partition coefficient (Wildman–Crippen LogP) is 3.28. The summed E-state index contributed by atoms with van der Waals surface area (Å²) in [5.74, 6) is 2.17. The molecule has 0 aliphatic rings. The van der Waals surface area contributed by atoms with Gasteiger partial charge in [0.15, 0.2) is 11.5 Å². The Hall–Kier alpha value is -1.72. The third-order valence-electron chi connectivity index (χ3n) is 3.48. The van der Waals surface area contributed by atoms with Crippen LogP contribution in [0.5, 0.6) is 17.2 Å². The Morgan fingerprint density at radius 2 is 1.71 bits per heavy atom. The Morgan fingerprint density at radius 1 is 1.05 bits per heavy atom. The topological polar surface area (TPSA) is 39.7 Å². The van der Waals surface area contributed by atoms with Gasteiger partial charge in [0.1, 0.15) is 5.75 Å². The van der Waals surface area contributed by atoms with Crippen LogP contribution >= 0.6 is 11.3 Å². The quantitative estimate of drug-likeness (QED) is 0.852. The second-order valence-electron chi connectivity index (χ2n) is 4.63. The first-order chi connectivity index (χ1) is 10.2. The van der Waals surface area contributed by atoms with Gasteiger partial charge in [-0.25, -0.2) is 0 Å². The third kappa shape index (κ3) is 3.49. The molecule has 0 aliphatic heterocycles. The summed E-state index contributed by atoms with van der Waals surface area (Å²) in [6.07, 6.45) is 0.895. The maximum atomic E-state index is 5.52. The van der Waals surface area contributed by atoms with E-state index in [1.165, 1.54) is 5.56 Å². The van der Waals surface area contributed by atoms with Crippen molar-refractivity contribution in [1.29, 1.82) is 0 Å². The van der Waals surface area contributed by atoms with Crippen LogP contribution in [0.2, 0.25) is 0 Å². The van der Waals surface area contributed by atoms with E-state index in [1.807, 2.05) is 19.2 Å². The SMILES string of the molecule is CNC(Cc1ccsc1)c1cc(OC)c(OC)cc1OC. The van der Waals surface area contributed by atoms with Crippen molar-refractivity contribution in [3.8, 4) is 17.2 Å². The van der Waals surface area contributed by atoms with E-state index in [2.05, 4.69) is 22.1 Å². The lowest BCUT2D eigenvalue weighted by atomic mass is 9.99. The van der Waals surface area contributed by atoms with Crippen LogP contribution in [0.15, 0.2) is 29.0 Å². The first-order valence-corrected chi connectivity index (χ1v) is 7.66. The zero-order valence-corrected chi connectivity index (χ0v) is 13.6. The van der Waals surface area contributed by atoms with Crippen molar-refractivity contribution >= 4 is 11.3 Å². The number of likely N-dealkylation sites (N-methyl/N-ethyl adjacent to an activating group) is 1. The van der Waals surface area contributed by atoms with Crippen molar-refractivity contribution in [2.24, 2.45) is 0 Å². The molecule has 1 aromatic heterocycles. The maximum Gasteiger partial charge on any atom is 0.164 e. The standard InChI is InChI=1S/C16H21NO3S/c1-17-13(7-11-5-6-21-10-11)12-8-15(19-3)16(20-4)9-14(12)18-2/h5-6,8-10,13,17H,7H2,1-4H3. The van der Waals surface area contributed by atoms with Crippen molar-refractivity contribution in [3.63, 3.8) is 0 Å². The minimum atomic E-state index is 0.148. The fourth-order valence-corrected chi connectivity index (χ4v) is 3.02. The highest BCUT2D eigenvalue weighted by molar-refractivity contribution is 7.07.